The molecule has 0 saturated carbocycles. The van der Waals surface area contributed by atoms with Crippen molar-refractivity contribution in [2.75, 3.05) is 25.6 Å². The molecule has 30 heavy (non-hydrogen) atoms. The van der Waals surface area contributed by atoms with Crippen LogP contribution in [0.2, 0.25) is 0 Å². The fourth-order valence-electron chi connectivity index (χ4n) is 3.14. The van der Waals surface area contributed by atoms with E-state index in [1.54, 1.807) is 30.3 Å². The summed E-state index contributed by atoms with van der Waals surface area (Å²) in [7, 11) is 1.51. The molecule has 3 rings (SSSR count). The van der Waals surface area contributed by atoms with Crippen molar-refractivity contribution in [1.29, 1.82) is 0 Å². The minimum atomic E-state index is -0.637. The third-order valence-corrected chi connectivity index (χ3v) is 4.45. The fraction of sp³-hybridized carbons (Fsp3) is 0.304. The van der Waals surface area contributed by atoms with E-state index >= 15 is 0 Å². The van der Waals surface area contributed by atoms with Crippen molar-refractivity contribution in [1.82, 2.24) is 0 Å². The van der Waals surface area contributed by atoms with Crippen molar-refractivity contribution in [3.8, 4) is 17.2 Å². The average Bonchev–Trinajstić information content (AvgIpc) is 3.10. The second-order valence-electron chi connectivity index (χ2n) is 6.75. The predicted octanol–water partition coefficient (Wildman–Crippen LogP) is 3.61. The van der Waals surface area contributed by atoms with E-state index in [4.69, 9.17) is 18.9 Å². The van der Waals surface area contributed by atoms with Crippen molar-refractivity contribution in [3.63, 3.8) is 0 Å². The number of amides is 1. The van der Waals surface area contributed by atoms with Crippen LogP contribution < -0.4 is 19.5 Å². The van der Waals surface area contributed by atoms with Gasteiger partial charge in [-0.2, -0.15) is 0 Å². The van der Waals surface area contributed by atoms with Crippen molar-refractivity contribution < 1.29 is 28.5 Å². The minimum absolute atomic E-state index is 0.112. The van der Waals surface area contributed by atoms with Crippen molar-refractivity contribution in [2.45, 2.75) is 26.4 Å². The Morgan fingerprint density at radius 2 is 2.03 bits per heavy atom. The summed E-state index contributed by atoms with van der Waals surface area (Å²) in [6.45, 7) is 3.99. The summed E-state index contributed by atoms with van der Waals surface area (Å²) in [6, 6.07) is 10.8. The van der Waals surface area contributed by atoms with E-state index in [0.717, 1.165) is 17.7 Å². The van der Waals surface area contributed by atoms with Crippen LogP contribution in [-0.2, 0) is 20.7 Å². The Morgan fingerprint density at radius 1 is 1.23 bits per heavy atom. The van der Waals surface area contributed by atoms with Crippen LogP contribution in [0.15, 0.2) is 42.5 Å². The fourth-order valence-corrected chi connectivity index (χ4v) is 3.14. The first-order valence-corrected chi connectivity index (χ1v) is 9.74. The molecular weight excluding hydrogens is 386 g/mol. The normalized spacial score (nSPS) is 14.7. The van der Waals surface area contributed by atoms with Crippen LogP contribution in [0.5, 0.6) is 17.2 Å². The zero-order chi connectivity index (χ0) is 21.5. The number of fused-ring (bicyclic) bond motifs is 1. The lowest BCUT2D eigenvalue weighted by atomic mass is 10.1. The Balaban J connectivity index is 1.59. The molecule has 0 aromatic heterocycles. The number of para-hydroxylation sites is 2. The lowest BCUT2D eigenvalue weighted by molar-refractivity contribution is -0.142. The number of ether oxygens (including phenoxy) is 4. The molecule has 1 amide bonds. The topological polar surface area (TPSA) is 83.1 Å². The highest BCUT2D eigenvalue weighted by molar-refractivity contribution is 5.95. The molecule has 2 aromatic carbocycles. The summed E-state index contributed by atoms with van der Waals surface area (Å²) in [5.74, 6) is 0.884. The van der Waals surface area contributed by atoms with E-state index in [9.17, 15) is 9.59 Å². The van der Waals surface area contributed by atoms with E-state index in [2.05, 4.69) is 5.32 Å². The Bertz CT molecular complexity index is 953. The van der Waals surface area contributed by atoms with Crippen LogP contribution in [0.1, 0.15) is 25.0 Å². The second kappa shape index (κ2) is 9.82. The number of nitrogens with one attached hydrogen (secondary N) is 1. The van der Waals surface area contributed by atoms with Crippen LogP contribution in [0, 0.1) is 0 Å². The second-order valence-corrected chi connectivity index (χ2v) is 6.75. The average molecular weight is 411 g/mol. The van der Waals surface area contributed by atoms with E-state index < -0.39 is 18.5 Å². The number of carbonyl (C=O) groups excluding carboxylic acids is 2. The van der Waals surface area contributed by atoms with Crippen molar-refractivity contribution >= 4 is 23.6 Å². The third kappa shape index (κ3) is 5.31. The summed E-state index contributed by atoms with van der Waals surface area (Å²) >= 11 is 0. The molecule has 1 aliphatic heterocycles. The maximum atomic E-state index is 12.1. The molecule has 1 heterocycles. The maximum absolute atomic E-state index is 12.1. The number of methoxy groups -OCH3 is 1. The monoisotopic (exact) mass is 411 g/mol. The molecule has 0 saturated heterocycles. The first kappa shape index (κ1) is 21.2. The minimum Gasteiger partial charge on any atom is -0.495 e. The molecule has 0 fully saturated rings. The molecule has 0 bridgehead atoms. The van der Waals surface area contributed by atoms with Crippen LogP contribution in [0.4, 0.5) is 5.69 Å². The summed E-state index contributed by atoms with van der Waals surface area (Å²) in [5.41, 5.74) is 2.30. The quantitative estimate of drug-likeness (QED) is 0.528. The van der Waals surface area contributed by atoms with Crippen LogP contribution >= 0.6 is 0 Å². The molecule has 0 radical (unpaired) electrons. The summed E-state index contributed by atoms with van der Waals surface area (Å²) in [4.78, 5) is 24.1. The van der Waals surface area contributed by atoms with Gasteiger partial charge in [0, 0.05) is 23.6 Å². The lowest BCUT2D eigenvalue weighted by Crippen LogP contribution is -2.20. The van der Waals surface area contributed by atoms with E-state index in [1.807, 2.05) is 26.0 Å². The van der Waals surface area contributed by atoms with Gasteiger partial charge < -0.3 is 24.3 Å². The van der Waals surface area contributed by atoms with Crippen molar-refractivity contribution in [3.05, 3.63) is 53.6 Å². The Kier molecular flexibility index (Phi) is 6.95. The molecule has 0 spiro atoms. The first-order valence-electron chi connectivity index (χ1n) is 9.74. The molecule has 1 aliphatic rings. The lowest BCUT2D eigenvalue weighted by Gasteiger charge is -2.10. The molecule has 7 nitrogen and oxygen atoms in total. The molecule has 0 aliphatic carbocycles. The van der Waals surface area contributed by atoms with Gasteiger partial charge in [-0.1, -0.05) is 12.1 Å². The number of benzene rings is 2. The van der Waals surface area contributed by atoms with Gasteiger partial charge in [-0.05, 0) is 44.2 Å². The number of anilines is 1. The summed E-state index contributed by atoms with van der Waals surface area (Å²) in [5, 5.41) is 2.65. The van der Waals surface area contributed by atoms with Gasteiger partial charge in [-0.15, -0.1) is 0 Å². The summed E-state index contributed by atoms with van der Waals surface area (Å²) in [6.07, 6.45) is 3.79. The number of hydrogen-bond donors (Lipinski definition) is 1. The zero-order valence-corrected chi connectivity index (χ0v) is 17.3. The van der Waals surface area contributed by atoms with Gasteiger partial charge in [0.2, 0.25) is 0 Å². The van der Waals surface area contributed by atoms with Gasteiger partial charge in [0.25, 0.3) is 5.91 Å². The van der Waals surface area contributed by atoms with E-state index in [1.165, 1.54) is 13.2 Å². The molecule has 1 N–H and O–H groups in total. The number of esters is 1. The first-order chi connectivity index (χ1) is 14.5. The molecule has 7 heteroatoms. The number of carbonyl (C=O) groups is 2. The molecule has 1 atom stereocenters. The number of rotatable bonds is 8. The van der Waals surface area contributed by atoms with Crippen molar-refractivity contribution in [2.24, 2.45) is 0 Å². The highest BCUT2D eigenvalue weighted by Crippen LogP contribution is 2.35. The Labute approximate surface area is 175 Å². The zero-order valence-electron chi connectivity index (χ0n) is 17.3. The standard InChI is InChI=1S/C23H25NO6/c1-4-28-20-13-17-11-15(2)30-21(17)12-16(20)9-10-23(26)29-14-22(25)24-18-7-5-6-8-19(18)27-3/h5-10,12-13,15H,4,11,14H2,1-3H3,(H,24,25)/b10-9+/t15-/m0/s1. The highest BCUT2D eigenvalue weighted by atomic mass is 16.5. The van der Waals surface area contributed by atoms with Gasteiger partial charge in [0.1, 0.15) is 23.4 Å². The van der Waals surface area contributed by atoms with Gasteiger partial charge in [0.05, 0.1) is 19.4 Å². The van der Waals surface area contributed by atoms with Gasteiger partial charge in [0.15, 0.2) is 6.61 Å². The largest absolute Gasteiger partial charge is 0.495 e. The Hall–Kier alpha value is -3.48. The molecule has 158 valence electrons. The van der Waals surface area contributed by atoms with Crippen LogP contribution in [0.25, 0.3) is 6.08 Å². The van der Waals surface area contributed by atoms with E-state index in [-0.39, 0.29) is 6.10 Å². The maximum Gasteiger partial charge on any atom is 0.331 e. The van der Waals surface area contributed by atoms with E-state index in [0.29, 0.717) is 29.4 Å². The van der Waals surface area contributed by atoms with Gasteiger partial charge >= 0.3 is 5.97 Å². The number of hydrogen-bond acceptors (Lipinski definition) is 6. The highest BCUT2D eigenvalue weighted by Gasteiger charge is 2.21. The Morgan fingerprint density at radius 3 is 2.80 bits per heavy atom. The van der Waals surface area contributed by atoms with Gasteiger partial charge in [-0.25, -0.2) is 4.79 Å². The van der Waals surface area contributed by atoms with Gasteiger partial charge in [-0.3, -0.25) is 4.79 Å². The third-order valence-electron chi connectivity index (χ3n) is 4.45. The van der Waals surface area contributed by atoms with Crippen LogP contribution in [-0.4, -0.2) is 38.3 Å². The SMILES string of the molecule is CCOc1cc2c(cc1/C=C/C(=O)OCC(=O)Nc1ccccc1OC)O[C@@H](C)C2. The summed E-state index contributed by atoms with van der Waals surface area (Å²) < 4.78 is 21.7. The molecular formula is C23H25NO6. The molecule has 2 aromatic rings. The smallest absolute Gasteiger partial charge is 0.331 e. The predicted molar refractivity (Wildman–Crippen MR) is 113 cm³/mol. The van der Waals surface area contributed by atoms with Crippen LogP contribution in [0.3, 0.4) is 0 Å². The molecule has 0 unspecified atom stereocenters.